The van der Waals surface area contributed by atoms with Crippen molar-refractivity contribution >= 4 is 11.6 Å². The summed E-state index contributed by atoms with van der Waals surface area (Å²) >= 11 is 5.80. The summed E-state index contributed by atoms with van der Waals surface area (Å²) in [6.45, 7) is 1.25. The van der Waals surface area contributed by atoms with E-state index in [1.165, 1.54) is 12.1 Å². The Morgan fingerprint density at radius 3 is 2.63 bits per heavy atom. The Labute approximate surface area is 117 Å². The number of hydrogen-bond acceptors (Lipinski definition) is 2. The average Bonchev–Trinajstić information content (AvgIpc) is 2.38. The molecule has 0 amide bonds. The highest BCUT2D eigenvalue weighted by atomic mass is 35.5. The molecule has 2 nitrogen and oxygen atoms in total. The van der Waals surface area contributed by atoms with E-state index in [0.717, 1.165) is 16.9 Å². The number of benzene rings is 2. The monoisotopic (exact) mass is 279 g/mol. The van der Waals surface area contributed by atoms with Gasteiger partial charge in [0.25, 0.3) is 0 Å². The number of rotatable bonds is 5. The molecule has 2 aromatic carbocycles. The van der Waals surface area contributed by atoms with E-state index in [0.29, 0.717) is 18.1 Å². The maximum Gasteiger partial charge on any atom is 0.125 e. The predicted octanol–water partition coefficient (Wildman–Crippen LogP) is 3.78. The predicted molar refractivity (Wildman–Crippen MR) is 74.9 cm³/mol. The zero-order valence-corrected chi connectivity index (χ0v) is 11.4. The van der Waals surface area contributed by atoms with Gasteiger partial charge in [0, 0.05) is 18.1 Å². The smallest absolute Gasteiger partial charge is 0.125 e. The summed E-state index contributed by atoms with van der Waals surface area (Å²) in [6, 6.07) is 12.3. The minimum absolute atomic E-state index is 0.314. The summed E-state index contributed by atoms with van der Waals surface area (Å²) < 4.78 is 18.3. The second-order valence-corrected chi connectivity index (χ2v) is 4.67. The molecule has 0 atom stereocenters. The van der Waals surface area contributed by atoms with Gasteiger partial charge < -0.3 is 10.1 Å². The van der Waals surface area contributed by atoms with Crippen molar-refractivity contribution in [3.05, 3.63) is 64.4 Å². The summed E-state index contributed by atoms with van der Waals surface area (Å²) in [6.07, 6.45) is 0. The largest absolute Gasteiger partial charge is 0.497 e. The van der Waals surface area contributed by atoms with E-state index in [1.807, 2.05) is 24.3 Å². The van der Waals surface area contributed by atoms with Gasteiger partial charge in [-0.3, -0.25) is 0 Å². The number of halogens is 2. The van der Waals surface area contributed by atoms with Crippen LogP contribution in [0.5, 0.6) is 5.75 Å². The lowest BCUT2D eigenvalue weighted by atomic mass is 10.2. The summed E-state index contributed by atoms with van der Waals surface area (Å²) in [5.41, 5.74) is 1.94. The summed E-state index contributed by atoms with van der Waals surface area (Å²) in [5, 5.41) is 3.66. The van der Waals surface area contributed by atoms with E-state index in [2.05, 4.69) is 5.32 Å². The first kappa shape index (κ1) is 13.8. The number of hydrogen-bond donors (Lipinski definition) is 1. The standard InChI is InChI=1S/C15H15ClFNO/c1-19-15-4-2-3-11(7-15)9-18-10-12-5-13(16)8-14(17)6-12/h2-8,18H,9-10H2,1H3. The molecule has 100 valence electrons. The van der Waals surface area contributed by atoms with Gasteiger partial charge in [-0.05, 0) is 41.5 Å². The molecule has 0 radical (unpaired) electrons. The molecule has 0 fully saturated rings. The Balaban J connectivity index is 1.92. The van der Waals surface area contributed by atoms with Crippen molar-refractivity contribution < 1.29 is 9.13 Å². The van der Waals surface area contributed by atoms with Gasteiger partial charge in [-0.25, -0.2) is 4.39 Å². The van der Waals surface area contributed by atoms with E-state index in [1.54, 1.807) is 13.2 Å². The Morgan fingerprint density at radius 2 is 1.89 bits per heavy atom. The molecule has 0 aliphatic rings. The van der Waals surface area contributed by atoms with Crippen LogP contribution in [0.2, 0.25) is 5.02 Å². The maximum atomic E-state index is 13.1. The minimum atomic E-state index is -0.314. The minimum Gasteiger partial charge on any atom is -0.497 e. The Kier molecular flexibility index (Phi) is 4.77. The SMILES string of the molecule is COc1cccc(CNCc2cc(F)cc(Cl)c2)c1. The van der Waals surface area contributed by atoms with Crippen LogP contribution in [0.1, 0.15) is 11.1 Å². The molecule has 0 unspecified atom stereocenters. The first-order valence-electron chi connectivity index (χ1n) is 5.96. The molecule has 4 heteroatoms. The molecule has 0 aromatic heterocycles. The van der Waals surface area contributed by atoms with Gasteiger partial charge in [-0.2, -0.15) is 0 Å². The van der Waals surface area contributed by atoms with E-state index < -0.39 is 0 Å². The first-order valence-corrected chi connectivity index (χ1v) is 6.34. The molecule has 2 aromatic rings. The third-order valence-electron chi connectivity index (χ3n) is 2.71. The number of methoxy groups -OCH3 is 1. The van der Waals surface area contributed by atoms with E-state index in [-0.39, 0.29) is 5.82 Å². The van der Waals surface area contributed by atoms with Gasteiger partial charge in [-0.1, -0.05) is 23.7 Å². The summed E-state index contributed by atoms with van der Waals surface area (Å²) in [5.74, 6) is 0.513. The van der Waals surface area contributed by atoms with Crippen LogP contribution in [0.3, 0.4) is 0 Å². The highest BCUT2D eigenvalue weighted by Gasteiger charge is 2.00. The topological polar surface area (TPSA) is 21.3 Å². The molecule has 0 spiro atoms. The third-order valence-corrected chi connectivity index (χ3v) is 2.93. The molecule has 0 aliphatic heterocycles. The lowest BCUT2D eigenvalue weighted by Gasteiger charge is -2.07. The number of nitrogens with one attached hydrogen (secondary N) is 1. The third kappa shape index (κ3) is 4.23. The van der Waals surface area contributed by atoms with Crippen molar-refractivity contribution in [3.8, 4) is 5.75 Å². The van der Waals surface area contributed by atoms with Crippen LogP contribution in [0.15, 0.2) is 42.5 Å². The quantitative estimate of drug-likeness (QED) is 0.899. The van der Waals surface area contributed by atoms with Crippen LogP contribution in [0.25, 0.3) is 0 Å². The first-order chi connectivity index (χ1) is 9.17. The van der Waals surface area contributed by atoms with E-state index in [4.69, 9.17) is 16.3 Å². The average molecular weight is 280 g/mol. The van der Waals surface area contributed by atoms with Gasteiger partial charge >= 0.3 is 0 Å². The fraction of sp³-hybridized carbons (Fsp3) is 0.200. The Hall–Kier alpha value is -1.58. The van der Waals surface area contributed by atoms with Crippen LogP contribution in [-0.4, -0.2) is 7.11 Å². The highest BCUT2D eigenvalue weighted by Crippen LogP contribution is 2.15. The van der Waals surface area contributed by atoms with Crippen molar-refractivity contribution in [2.75, 3.05) is 7.11 Å². The fourth-order valence-electron chi connectivity index (χ4n) is 1.85. The molecular weight excluding hydrogens is 265 g/mol. The van der Waals surface area contributed by atoms with Crippen LogP contribution in [0.4, 0.5) is 4.39 Å². The van der Waals surface area contributed by atoms with Crippen LogP contribution < -0.4 is 10.1 Å². The molecule has 0 saturated heterocycles. The van der Waals surface area contributed by atoms with Crippen molar-refractivity contribution in [2.45, 2.75) is 13.1 Å². The fourth-order valence-corrected chi connectivity index (χ4v) is 2.09. The summed E-state index contributed by atoms with van der Waals surface area (Å²) in [7, 11) is 1.64. The van der Waals surface area contributed by atoms with Gasteiger partial charge in [0.2, 0.25) is 0 Å². The molecule has 19 heavy (non-hydrogen) atoms. The molecule has 2 rings (SSSR count). The molecule has 0 saturated carbocycles. The second-order valence-electron chi connectivity index (χ2n) is 4.23. The number of ether oxygens (including phenoxy) is 1. The Morgan fingerprint density at radius 1 is 1.11 bits per heavy atom. The van der Waals surface area contributed by atoms with Crippen LogP contribution >= 0.6 is 11.6 Å². The molecule has 0 bridgehead atoms. The van der Waals surface area contributed by atoms with Crippen molar-refractivity contribution in [1.82, 2.24) is 5.32 Å². The lowest BCUT2D eigenvalue weighted by molar-refractivity contribution is 0.414. The molecular formula is C15H15ClFNO. The normalized spacial score (nSPS) is 10.5. The van der Waals surface area contributed by atoms with E-state index in [9.17, 15) is 4.39 Å². The summed E-state index contributed by atoms with van der Waals surface area (Å²) in [4.78, 5) is 0. The zero-order valence-electron chi connectivity index (χ0n) is 10.6. The highest BCUT2D eigenvalue weighted by molar-refractivity contribution is 6.30. The zero-order chi connectivity index (χ0) is 13.7. The van der Waals surface area contributed by atoms with Gasteiger partial charge in [-0.15, -0.1) is 0 Å². The van der Waals surface area contributed by atoms with Crippen LogP contribution in [0, 0.1) is 5.82 Å². The molecule has 1 N–H and O–H groups in total. The van der Waals surface area contributed by atoms with Gasteiger partial charge in [0.05, 0.1) is 7.11 Å². The lowest BCUT2D eigenvalue weighted by Crippen LogP contribution is -2.12. The van der Waals surface area contributed by atoms with E-state index >= 15 is 0 Å². The van der Waals surface area contributed by atoms with Gasteiger partial charge in [0.1, 0.15) is 11.6 Å². The second kappa shape index (κ2) is 6.55. The molecule has 0 heterocycles. The van der Waals surface area contributed by atoms with Crippen molar-refractivity contribution in [3.63, 3.8) is 0 Å². The Bertz CT molecular complexity index is 539. The van der Waals surface area contributed by atoms with Gasteiger partial charge in [0.15, 0.2) is 0 Å². The van der Waals surface area contributed by atoms with Crippen molar-refractivity contribution in [1.29, 1.82) is 0 Å². The maximum absolute atomic E-state index is 13.1. The van der Waals surface area contributed by atoms with Crippen LogP contribution in [-0.2, 0) is 13.1 Å². The van der Waals surface area contributed by atoms with Crippen molar-refractivity contribution in [2.24, 2.45) is 0 Å². The molecule has 0 aliphatic carbocycles.